The summed E-state index contributed by atoms with van der Waals surface area (Å²) in [5.74, 6) is -6.19. The Morgan fingerprint density at radius 1 is 0.568 bits per heavy atom. The molecule has 0 amide bonds. The number of ether oxygens (including phenoxy) is 1. The number of allylic oxidation sites excluding steroid dienone is 2. The maximum absolute atomic E-state index is 15.2. The quantitative estimate of drug-likeness (QED) is 0.120. The number of hydrogen-bond acceptors (Lipinski definition) is 1. The third-order valence-electron chi connectivity index (χ3n) is 7.10. The van der Waals surface area contributed by atoms with Crippen molar-refractivity contribution in [3.05, 3.63) is 149 Å². The summed E-state index contributed by atoms with van der Waals surface area (Å²) in [6.07, 6.45) is 1.68. The van der Waals surface area contributed by atoms with E-state index in [1.54, 1.807) is 12.1 Å². The van der Waals surface area contributed by atoms with Gasteiger partial charge in [0.1, 0.15) is 23.2 Å². The summed E-state index contributed by atoms with van der Waals surface area (Å²) in [6.45, 7) is 1.97. The van der Waals surface area contributed by atoms with E-state index in [0.29, 0.717) is 29.8 Å². The van der Waals surface area contributed by atoms with Crippen LogP contribution in [0.1, 0.15) is 24.5 Å². The lowest BCUT2D eigenvalue weighted by Gasteiger charge is -2.19. The van der Waals surface area contributed by atoms with Gasteiger partial charge >= 0.3 is 6.11 Å². The summed E-state index contributed by atoms with van der Waals surface area (Å²) in [5, 5.41) is 0. The molecule has 5 rings (SSSR count). The van der Waals surface area contributed by atoms with Crippen LogP contribution in [0.3, 0.4) is 0 Å². The van der Waals surface area contributed by atoms with E-state index < -0.39 is 46.5 Å². The first-order valence-corrected chi connectivity index (χ1v) is 13.7. The number of hydrogen-bond donors (Lipinski definition) is 0. The van der Waals surface area contributed by atoms with Gasteiger partial charge in [-0.3, -0.25) is 0 Å². The summed E-state index contributed by atoms with van der Waals surface area (Å²) in [6, 6.07) is 20.6. The zero-order valence-corrected chi connectivity index (χ0v) is 23.4. The molecule has 0 saturated carbocycles. The van der Waals surface area contributed by atoms with Gasteiger partial charge < -0.3 is 4.74 Å². The van der Waals surface area contributed by atoms with E-state index in [1.807, 2.05) is 37.3 Å². The molecule has 44 heavy (non-hydrogen) atoms. The molecule has 5 aromatic carbocycles. The van der Waals surface area contributed by atoms with Crippen LogP contribution < -0.4 is 4.74 Å². The third-order valence-corrected chi connectivity index (χ3v) is 7.10. The van der Waals surface area contributed by atoms with E-state index in [9.17, 15) is 22.0 Å². The predicted octanol–water partition coefficient (Wildman–Crippen LogP) is 11.0. The number of alkyl halides is 2. The van der Waals surface area contributed by atoms with Gasteiger partial charge in [-0.1, -0.05) is 66.7 Å². The first-order chi connectivity index (χ1) is 21.1. The second-order valence-corrected chi connectivity index (χ2v) is 10.1. The molecule has 224 valence electrons. The third kappa shape index (κ3) is 6.70. The summed E-state index contributed by atoms with van der Waals surface area (Å²) in [5.41, 5.74) is 1.70. The van der Waals surface area contributed by atoms with Crippen LogP contribution in [0, 0.1) is 29.1 Å². The van der Waals surface area contributed by atoms with Crippen molar-refractivity contribution in [1.82, 2.24) is 0 Å². The van der Waals surface area contributed by atoms with E-state index >= 15 is 8.78 Å². The van der Waals surface area contributed by atoms with Crippen LogP contribution in [0.15, 0.2) is 109 Å². The molecule has 0 N–H and O–H groups in total. The zero-order valence-electron chi connectivity index (χ0n) is 23.4. The summed E-state index contributed by atoms with van der Waals surface area (Å²) in [4.78, 5) is 0. The van der Waals surface area contributed by atoms with E-state index in [-0.39, 0.29) is 22.3 Å². The second kappa shape index (κ2) is 12.8. The van der Waals surface area contributed by atoms with Crippen molar-refractivity contribution < 1.29 is 35.5 Å². The fraction of sp³-hybridized carbons (Fsp3) is 0.111. The molecule has 0 radical (unpaired) electrons. The summed E-state index contributed by atoms with van der Waals surface area (Å²) < 4.78 is 105. The lowest BCUT2D eigenvalue weighted by molar-refractivity contribution is -0.187. The molecular formula is C36H25F7O. The Labute approximate surface area is 249 Å². The van der Waals surface area contributed by atoms with Crippen LogP contribution in [-0.4, -0.2) is 0 Å². The number of rotatable bonds is 9. The summed E-state index contributed by atoms with van der Waals surface area (Å²) in [7, 11) is 0. The minimum Gasteiger partial charge on any atom is -0.429 e. The van der Waals surface area contributed by atoms with Gasteiger partial charge in [-0.25, -0.2) is 22.0 Å². The molecule has 0 spiro atoms. The molecule has 0 atom stereocenters. The maximum atomic E-state index is 15.2. The summed E-state index contributed by atoms with van der Waals surface area (Å²) >= 11 is 0. The highest BCUT2D eigenvalue weighted by Gasteiger charge is 2.38. The number of benzene rings is 5. The van der Waals surface area contributed by atoms with Crippen molar-refractivity contribution in [2.24, 2.45) is 0 Å². The molecule has 0 fully saturated rings. The van der Waals surface area contributed by atoms with Gasteiger partial charge in [-0.2, -0.15) is 8.78 Å². The molecule has 0 saturated heterocycles. The van der Waals surface area contributed by atoms with Gasteiger partial charge in [0.2, 0.25) is 0 Å². The van der Waals surface area contributed by atoms with Crippen molar-refractivity contribution in [1.29, 1.82) is 0 Å². The van der Waals surface area contributed by atoms with Crippen molar-refractivity contribution >= 4 is 0 Å². The van der Waals surface area contributed by atoms with Crippen molar-refractivity contribution in [3.63, 3.8) is 0 Å². The molecule has 0 heterocycles. The van der Waals surface area contributed by atoms with Crippen molar-refractivity contribution in [3.8, 4) is 39.1 Å². The van der Waals surface area contributed by atoms with Crippen LogP contribution in [0.5, 0.6) is 5.75 Å². The van der Waals surface area contributed by atoms with Crippen molar-refractivity contribution in [2.45, 2.75) is 25.9 Å². The lowest BCUT2D eigenvalue weighted by Crippen LogP contribution is -2.23. The maximum Gasteiger partial charge on any atom is 0.429 e. The highest BCUT2D eigenvalue weighted by Crippen LogP contribution is 2.37. The molecule has 1 nitrogen and oxygen atoms in total. The minimum absolute atomic E-state index is 0.0519. The Morgan fingerprint density at radius 3 is 1.73 bits per heavy atom. The van der Waals surface area contributed by atoms with Crippen molar-refractivity contribution in [2.75, 3.05) is 0 Å². The van der Waals surface area contributed by atoms with Crippen LogP contribution >= 0.6 is 0 Å². The Balaban J connectivity index is 1.34. The fourth-order valence-corrected chi connectivity index (χ4v) is 4.79. The zero-order chi connectivity index (χ0) is 31.4. The topological polar surface area (TPSA) is 9.23 Å². The van der Waals surface area contributed by atoms with Gasteiger partial charge in [-0.15, -0.1) is 0 Å². The molecule has 0 aliphatic heterocycles. The number of aryl methyl sites for hydroxylation is 1. The Kier molecular flexibility index (Phi) is 8.90. The van der Waals surface area contributed by atoms with Crippen LogP contribution in [0.25, 0.3) is 33.4 Å². The minimum atomic E-state index is -4.24. The largest absolute Gasteiger partial charge is 0.429 e. The lowest BCUT2D eigenvalue weighted by atomic mass is 9.96. The molecule has 0 aliphatic rings. The van der Waals surface area contributed by atoms with Gasteiger partial charge in [0.15, 0.2) is 11.6 Å². The molecule has 0 aliphatic carbocycles. The van der Waals surface area contributed by atoms with E-state index in [2.05, 4.69) is 10.8 Å². The average molecular weight is 607 g/mol. The van der Waals surface area contributed by atoms with E-state index in [0.717, 1.165) is 42.2 Å². The standard InChI is InChI=1S/C36H25F7O/c1-2-3-4-5-22-6-8-23(9-7-22)24-10-14-28(32(38)18-24)25-11-15-29(33(39)19-25)26-12-16-30(34(40)20-26)36(42,43)44-27-13-17-31(37)35(41)21-27/h2-3,6-21H,4-5H2,1H3/b3-2+. The monoisotopic (exact) mass is 606 g/mol. The molecule has 0 bridgehead atoms. The Morgan fingerprint density at radius 2 is 1.14 bits per heavy atom. The van der Waals surface area contributed by atoms with Gasteiger partial charge in [0, 0.05) is 17.2 Å². The van der Waals surface area contributed by atoms with Gasteiger partial charge in [-0.05, 0) is 84.0 Å². The Bertz CT molecular complexity index is 1830. The van der Waals surface area contributed by atoms with Crippen LogP contribution in [0.2, 0.25) is 0 Å². The second-order valence-electron chi connectivity index (χ2n) is 10.1. The molecule has 8 heteroatoms. The highest BCUT2D eigenvalue weighted by atomic mass is 19.3. The van der Waals surface area contributed by atoms with Gasteiger partial charge in [0.25, 0.3) is 0 Å². The SMILES string of the molecule is C/C=C/CCc1ccc(-c2ccc(-c3ccc(-c4ccc(C(F)(F)Oc5ccc(F)c(F)c5)c(F)c4)c(F)c3)c(F)c2)cc1. The molecule has 0 unspecified atom stereocenters. The van der Waals surface area contributed by atoms with E-state index in [4.69, 9.17) is 0 Å². The molecule has 5 aromatic rings. The van der Waals surface area contributed by atoms with Crippen LogP contribution in [-0.2, 0) is 12.5 Å². The predicted molar refractivity (Wildman–Crippen MR) is 157 cm³/mol. The smallest absolute Gasteiger partial charge is 0.429 e. The average Bonchev–Trinajstić information content (AvgIpc) is 2.99. The fourth-order valence-electron chi connectivity index (χ4n) is 4.79. The Hall–Kier alpha value is -4.85. The number of halogens is 7. The van der Waals surface area contributed by atoms with E-state index in [1.165, 1.54) is 18.2 Å². The normalized spacial score (nSPS) is 11.7. The molecule has 0 aromatic heterocycles. The molecular weight excluding hydrogens is 581 g/mol. The van der Waals surface area contributed by atoms with Gasteiger partial charge in [0.05, 0.1) is 5.56 Å². The first-order valence-electron chi connectivity index (χ1n) is 13.7. The first kappa shape index (κ1) is 30.6. The van der Waals surface area contributed by atoms with Crippen LogP contribution in [0.4, 0.5) is 30.7 Å². The highest BCUT2D eigenvalue weighted by molar-refractivity contribution is 5.74.